The van der Waals surface area contributed by atoms with Gasteiger partial charge in [0.2, 0.25) is 11.9 Å². The molecular weight excluding hydrogens is 511 g/mol. The summed E-state index contributed by atoms with van der Waals surface area (Å²) in [7, 11) is 0.477. The molecule has 6 rings (SSSR count). The molecule has 0 saturated carbocycles. The van der Waals surface area contributed by atoms with Crippen LogP contribution in [0.5, 0.6) is 0 Å². The Kier molecular flexibility index (Phi) is 6.16. The van der Waals surface area contributed by atoms with Crippen molar-refractivity contribution in [3.8, 4) is 39.6 Å². The monoisotopic (exact) mass is 541 g/mol. The maximum atomic E-state index is 13.9. The molecule has 0 N–H and O–H groups in total. The Hall–Kier alpha value is -4.53. The van der Waals surface area contributed by atoms with E-state index in [1.54, 1.807) is 10.6 Å². The van der Waals surface area contributed by atoms with Crippen molar-refractivity contribution < 1.29 is 13.4 Å². The van der Waals surface area contributed by atoms with Crippen molar-refractivity contribution in [1.29, 1.82) is 5.26 Å². The van der Waals surface area contributed by atoms with Gasteiger partial charge in [0, 0.05) is 22.4 Å². The van der Waals surface area contributed by atoms with Gasteiger partial charge < -0.3 is 4.42 Å². The van der Waals surface area contributed by atoms with Gasteiger partial charge in [0.25, 0.3) is 0 Å². The Morgan fingerprint density at radius 2 is 1.30 bits per heavy atom. The number of aromatic nitrogens is 1. The van der Waals surface area contributed by atoms with Crippen LogP contribution in [0.2, 0.25) is 19.6 Å². The maximum absolute atomic E-state index is 13.9. The molecule has 196 valence electrons. The third kappa shape index (κ3) is 4.31. The molecule has 0 aliphatic rings. The van der Waals surface area contributed by atoms with Crippen molar-refractivity contribution in [3.63, 3.8) is 0 Å². The molecule has 3 nitrogen and oxygen atoms in total. The van der Waals surface area contributed by atoms with E-state index in [1.807, 2.05) is 26.1 Å². The minimum atomic E-state index is -1.36. The van der Waals surface area contributed by atoms with Crippen LogP contribution in [-0.2, 0) is 7.05 Å². The van der Waals surface area contributed by atoms with Gasteiger partial charge in [-0.3, -0.25) is 0 Å². The molecule has 4 aromatic carbocycles. The fourth-order valence-electron chi connectivity index (χ4n) is 5.53. The van der Waals surface area contributed by atoms with Crippen LogP contribution in [0.4, 0.5) is 4.39 Å². The topological polar surface area (TPSA) is 40.8 Å². The van der Waals surface area contributed by atoms with E-state index in [0.29, 0.717) is 11.1 Å². The van der Waals surface area contributed by atoms with E-state index < -0.39 is 8.07 Å². The Morgan fingerprint density at radius 1 is 0.725 bits per heavy atom. The summed E-state index contributed by atoms with van der Waals surface area (Å²) in [5, 5.41) is 13.4. The highest BCUT2D eigenvalue weighted by Gasteiger charge is 2.23. The van der Waals surface area contributed by atoms with E-state index in [0.717, 1.165) is 49.9 Å². The second-order valence-electron chi connectivity index (χ2n) is 11.5. The third-order valence-corrected chi connectivity index (χ3v) is 9.82. The van der Waals surface area contributed by atoms with Gasteiger partial charge in [-0.15, -0.1) is 0 Å². The van der Waals surface area contributed by atoms with Crippen LogP contribution in [0, 0.1) is 24.1 Å². The normalized spacial score (nSPS) is 11.7. The van der Waals surface area contributed by atoms with Crippen LogP contribution in [0.15, 0.2) is 95.5 Å². The van der Waals surface area contributed by atoms with E-state index >= 15 is 0 Å². The lowest BCUT2D eigenvalue weighted by atomic mass is 9.95. The smallest absolute Gasteiger partial charge is 0.216 e. The summed E-state index contributed by atoms with van der Waals surface area (Å²) in [6.07, 6.45) is 1.47. The quantitative estimate of drug-likeness (QED) is 0.166. The van der Waals surface area contributed by atoms with Gasteiger partial charge in [-0.2, -0.15) is 9.83 Å². The first-order valence-corrected chi connectivity index (χ1v) is 16.9. The van der Waals surface area contributed by atoms with Gasteiger partial charge in [0.05, 0.1) is 25.3 Å². The zero-order valence-electron chi connectivity index (χ0n) is 23.3. The number of aryl methyl sites for hydroxylation is 2. The van der Waals surface area contributed by atoms with Crippen LogP contribution in [0.25, 0.3) is 55.4 Å². The third-order valence-electron chi connectivity index (χ3n) is 7.75. The molecule has 0 spiro atoms. The molecule has 0 saturated heterocycles. The van der Waals surface area contributed by atoms with Crippen molar-refractivity contribution in [2.45, 2.75) is 26.6 Å². The fourth-order valence-corrected chi connectivity index (χ4v) is 6.69. The molecule has 0 radical (unpaired) electrons. The molecule has 6 aromatic rings. The lowest BCUT2D eigenvalue weighted by molar-refractivity contribution is -0.661. The molecule has 0 aliphatic carbocycles. The molecule has 0 fully saturated rings. The lowest BCUT2D eigenvalue weighted by Gasteiger charge is -2.16. The molecule has 0 atom stereocenters. The summed E-state index contributed by atoms with van der Waals surface area (Å²) < 4.78 is 22.3. The molecule has 0 amide bonds. The van der Waals surface area contributed by atoms with E-state index in [9.17, 15) is 9.65 Å². The SMILES string of the molecule is Cc1ccc2c(oc3c(-c4ccc(-c5ccc([Si](C)(C)C)cc5)cc4)c(C#N)ccc32)c1-c1ccc(F)c[n+]1C. The number of hydrogen-bond acceptors (Lipinski definition) is 2. The Balaban J connectivity index is 1.51. The van der Waals surface area contributed by atoms with Gasteiger partial charge in [-0.1, -0.05) is 85.5 Å². The molecular formula is C35H30FN2OSi+. The summed E-state index contributed by atoms with van der Waals surface area (Å²) in [5.41, 5.74) is 8.77. The number of halogens is 1. The predicted molar refractivity (Wildman–Crippen MR) is 164 cm³/mol. The van der Waals surface area contributed by atoms with E-state index in [2.05, 4.69) is 86.4 Å². The van der Waals surface area contributed by atoms with Crippen molar-refractivity contribution in [3.05, 3.63) is 108 Å². The van der Waals surface area contributed by atoms with Gasteiger partial charge in [0.15, 0.2) is 5.82 Å². The summed E-state index contributed by atoms with van der Waals surface area (Å²) in [6, 6.07) is 30.8. The minimum absolute atomic E-state index is 0.294. The molecule has 2 heterocycles. The maximum Gasteiger partial charge on any atom is 0.216 e. The summed E-state index contributed by atoms with van der Waals surface area (Å²) in [6.45, 7) is 9.09. The van der Waals surface area contributed by atoms with Crippen molar-refractivity contribution in [1.82, 2.24) is 0 Å². The molecule has 0 bridgehead atoms. The standard InChI is InChI=1S/C35H30FN2OSi/c1-22-6-17-29-30-18-13-26(20-37)33(35(30)39-34(29)32(22)31-19-14-27(36)21-38(31)2)25-9-7-23(8-10-25)24-11-15-28(16-12-24)40(3,4)5/h6-19,21H,1-5H3/q+1. The van der Waals surface area contributed by atoms with Gasteiger partial charge in [-0.25, -0.2) is 4.39 Å². The highest BCUT2D eigenvalue weighted by molar-refractivity contribution is 6.88. The number of furan rings is 1. The first-order chi connectivity index (χ1) is 19.2. The van der Waals surface area contributed by atoms with Crippen LogP contribution in [0.3, 0.4) is 0 Å². The fraction of sp³-hybridized carbons (Fsp3) is 0.143. The molecule has 40 heavy (non-hydrogen) atoms. The summed E-state index contributed by atoms with van der Waals surface area (Å²) >= 11 is 0. The largest absolute Gasteiger partial charge is 0.454 e. The number of nitrogens with zero attached hydrogens (tertiary/aromatic N) is 2. The van der Waals surface area contributed by atoms with Crippen LogP contribution >= 0.6 is 0 Å². The zero-order valence-corrected chi connectivity index (χ0v) is 24.3. The van der Waals surface area contributed by atoms with Gasteiger partial charge >= 0.3 is 0 Å². The number of hydrogen-bond donors (Lipinski definition) is 0. The Bertz CT molecular complexity index is 1960. The second kappa shape index (κ2) is 9.58. The zero-order chi connectivity index (χ0) is 28.2. The number of nitriles is 1. The van der Waals surface area contributed by atoms with Crippen molar-refractivity contribution in [2.75, 3.05) is 0 Å². The van der Waals surface area contributed by atoms with Crippen LogP contribution in [-0.4, -0.2) is 8.07 Å². The first kappa shape index (κ1) is 25.7. The predicted octanol–water partition coefficient (Wildman–Crippen LogP) is 8.28. The van der Waals surface area contributed by atoms with E-state index in [-0.39, 0.29) is 5.82 Å². The number of rotatable bonds is 4. The highest BCUT2D eigenvalue weighted by atomic mass is 28.3. The number of pyridine rings is 1. The molecule has 5 heteroatoms. The summed E-state index contributed by atoms with van der Waals surface area (Å²) in [5.74, 6) is -0.294. The number of benzene rings is 4. The van der Waals surface area contributed by atoms with Gasteiger partial charge in [-0.05, 0) is 47.4 Å². The van der Waals surface area contributed by atoms with Crippen LogP contribution in [0.1, 0.15) is 11.1 Å². The number of fused-ring (bicyclic) bond motifs is 3. The average molecular weight is 542 g/mol. The Labute approximate surface area is 234 Å². The van der Waals surface area contributed by atoms with Crippen molar-refractivity contribution in [2.24, 2.45) is 7.05 Å². The van der Waals surface area contributed by atoms with Crippen molar-refractivity contribution >= 4 is 35.2 Å². The second-order valence-corrected chi connectivity index (χ2v) is 16.5. The lowest BCUT2D eigenvalue weighted by Crippen LogP contribution is -2.37. The van der Waals surface area contributed by atoms with E-state index in [4.69, 9.17) is 4.42 Å². The van der Waals surface area contributed by atoms with Gasteiger partial charge in [0.1, 0.15) is 18.2 Å². The van der Waals surface area contributed by atoms with Crippen LogP contribution < -0.4 is 9.75 Å². The Morgan fingerprint density at radius 3 is 1.90 bits per heavy atom. The molecule has 2 aromatic heterocycles. The molecule has 0 aliphatic heterocycles. The molecule has 0 unspecified atom stereocenters. The summed E-state index contributed by atoms with van der Waals surface area (Å²) in [4.78, 5) is 0. The minimum Gasteiger partial charge on any atom is -0.454 e. The first-order valence-electron chi connectivity index (χ1n) is 13.4. The average Bonchev–Trinajstić information content (AvgIpc) is 3.31. The highest BCUT2D eigenvalue weighted by Crippen LogP contribution is 2.42. The van der Waals surface area contributed by atoms with E-state index in [1.165, 1.54) is 23.0 Å².